The van der Waals surface area contributed by atoms with E-state index in [0.717, 1.165) is 35.4 Å². The lowest BCUT2D eigenvalue weighted by Crippen LogP contribution is -2.21. The van der Waals surface area contributed by atoms with Crippen molar-refractivity contribution in [1.82, 2.24) is 14.8 Å². The number of ether oxygens (including phenoxy) is 1. The Kier molecular flexibility index (Phi) is 4.93. The Balaban J connectivity index is 1.72. The van der Waals surface area contributed by atoms with Crippen molar-refractivity contribution in [2.45, 2.75) is 44.0 Å². The van der Waals surface area contributed by atoms with E-state index < -0.39 is 0 Å². The molecule has 21 heavy (non-hydrogen) atoms. The third kappa shape index (κ3) is 3.47. The van der Waals surface area contributed by atoms with Crippen LogP contribution in [0.4, 0.5) is 0 Å². The fourth-order valence-electron chi connectivity index (χ4n) is 2.59. The maximum atomic E-state index is 5.79. The van der Waals surface area contributed by atoms with Crippen molar-refractivity contribution in [2.75, 3.05) is 12.4 Å². The summed E-state index contributed by atoms with van der Waals surface area (Å²) >= 11 is 1.76. The van der Waals surface area contributed by atoms with E-state index in [1.165, 1.54) is 19.3 Å². The van der Waals surface area contributed by atoms with Gasteiger partial charge < -0.3 is 9.30 Å². The lowest BCUT2D eigenvalue weighted by atomic mass is 10.1. The minimum Gasteiger partial charge on any atom is -0.377 e. The summed E-state index contributed by atoms with van der Waals surface area (Å²) in [6, 6.07) is 10.2. The summed E-state index contributed by atoms with van der Waals surface area (Å²) in [5.74, 6) is 1.91. The van der Waals surface area contributed by atoms with Crippen LogP contribution in [0, 0.1) is 0 Å². The van der Waals surface area contributed by atoms with Crippen molar-refractivity contribution >= 4 is 11.8 Å². The zero-order valence-corrected chi connectivity index (χ0v) is 13.2. The Bertz CT molecular complexity index is 564. The molecule has 0 bridgehead atoms. The number of rotatable bonds is 5. The lowest BCUT2D eigenvalue weighted by molar-refractivity contribution is 0.0315. The van der Waals surface area contributed by atoms with Crippen molar-refractivity contribution in [1.29, 1.82) is 0 Å². The average molecular weight is 303 g/mol. The van der Waals surface area contributed by atoms with E-state index in [0.29, 0.717) is 6.10 Å². The second-order valence-electron chi connectivity index (χ2n) is 5.22. The molecule has 5 heteroatoms. The molecular weight excluding hydrogens is 282 g/mol. The Hall–Kier alpha value is -1.33. The molecular formula is C16H21N3OS. The fourth-order valence-corrected chi connectivity index (χ4v) is 3.66. The van der Waals surface area contributed by atoms with Gasteiger partial charge in [-0.1, -0.05) is 42.1 Å². The minimum absolute atomic E-state index is 0.367. The van der Waals surface area contributed by atoms with Gasteiger partial charge in [0.25, 0.3) is 0 Å². The molecule has 1 aliphatic heterocycles. The van der Waals surface area contributed by atoms with Gasteiger partial charge in [0, 0.05) is 24.5 Å². The van der Waals surface area contributed by atoms with Gasteiger partial charge in [-0.15, -0.1) is 10.2 Å². The first-order chi connectivity index (χ1) is 10.4. The number of thioether (sulfide) groups is 1. The number of benzene rings is 1. The van der Waals surface area contributed by atoms with Gasteiger partial charge in [-0.3, -0.25) is 0 Å². The first-order valence-corrected chi connectivity index (χ1v) is 8.60. The summed E-state index contributed by atoms with van der Waals surface area (Å²) in [4.78, 5) is 0. The van der Waals surface area contributed by atoms with E-state index in [1.807, 2.05) is 18.2 Å². The van der Waals surface area contributed by atoms with Gasteiger partial charge in [0.15, 0.2) is 11.0 Å². The Morgan fingerprint density at radius 2 is 2.10 bits per heavy atom. The topological polar surface area (TPSA) is 39.9 Å². The largest absolute Gasteiger partial charge is 0.377 e. The van der Waals surface area contributed by atoms with E-state index in [9.17, 15) is 0 Å². The van der Waals surface area contributed by atoms with E-state index in [4.69, 9.17) is 4.74 Å². The highest BCUT2D eigenvalue weighted by atomic mass is 32.2. The molecule has 0 aliphatic carbocycles. The number of aromatic nitrogens is 3. The highest BCUT2D eigenvalue weighted by Crippen LogP contribution is 2.26. The SMILES string of the molecule is CCn1c(SC[C@H]2CCCCO2)nnc1-c1ccccc1. The van der Waals surface area contributed by atoms with Crippen molar-refractivity contribution in [3.05, 3.63) is 30.3 Å². The van der Waals surface area contributed by atoms with E-state index in [-0.39, 0.29) is 0 Å². The predicted octanol–water partition coefficient (Wildman–Crippen LogP) is 3.63. The minimum atomic E-state index is 0.367. The highest BCUT2D eigenvalue weighted by molar-refractivity contribution is 7.99. The maximum absolute atomic E-state index is 5.79. The van der Waals surface area contributed by atoms with Crippen molar-refractivity contribution < 1.29 is 4.74 Å². The molecule has 1 saturated heterocycles. The van der Waals surface area contributed by atoms with Gasteiger partial charge in [0.2, 0.25) is 0 Å². The first kappa shape index (κ1) is 14.6. The van der Waals surface area contributed by atoms with Crippen molar-refractivity contribution in [2.24, 2.45) is 0 Å². The number of nitrogens with zero attached hydrogens (tertiary/aromatic N) is 3. The Morgan fingerprint density at radius 3 is 2.81 bits per heavy atom. The molecule has 4 nitrogen and oxygen atoms in total. The monoisotopic (exact) mass is 303 g/mol. The molecule has 1 atom stereocenters. The third-order valence-corrected chi connectivity index (χ3v) is 4.84. The van der Waals surface area contributed by atoms with Gasteiger partial charge >= 0.3 is 0 Å². The summed E-state index contributed by atoms with van der Waals surface area (Å²) in [6.45, 7) is 3.92. The summed E-state index contributed by atoms with van der Waals surface area (Å²) in [7, 11) is 0. The normalized spacial score (nSPS) is 18.8. The van der Waals surface area contributed by atoms with Gasteiger partial charge in [0.1, 0.15) is 0 Å². The standard InChI is InChI=1S/C16H21N3OS/c1-2-19-15(13-8-4-3-5-9-13)17-18-16(19)21-12-14-10-6-7-11-20-14/h3-5,8-9,14H,2,6-7,10-12H2,1H3/t14-/m1/s1. The van der Waals surface area contributed by atoms with Gasteiger partial charge in [-0.05, 0) is 26.2 Å². The van der Waals surface area contributed by atoms with E-state index >= 15 is 0 Å². The van der Waals surface area contributed by atoms with Crippen molar-refractivity contribution in [3.8, 4) is 11.4 Å². The maximum Gasteiger partial charge on any atom is 0.191 e. The molecule has 0 spiro atoms. The smallest absolute Gasteiger partial charge is 0.191 e. The van der Waals surface area contributed by atoms with Gasteiger partial charge in [0.05, 0.1) is 6.10 Å². The lowest BCUT2D eigenvalue weighted by Gasteiger charge is -2.21. The molecule has 1 fully saturated rings. The Morgan fingerprint density at radius 1 is 1.24 bits per heavy atom. The molecule has 3 rings (SSSR count). The highest BCUT2D eigenvalue weighted by Gasteiger charge is 2.17. The molecule has 0 N–H and O–H groups in total. The molecule has 112 valence electrons. The van der Waals surface area contributed by atoms with Crippen molar-refractivity contribution in [3.63, 3.8) is 0 Å². The molecule has 0 amide bonds. The Labute approximate surface area is 129 Å². The van der Waals surface area contributed by atoms with Crippen LogP contribution in [0.3, 0.4) is 0 Å². The van der Waals surface area contributed by atoms with E-state index in [2.05, 4.69) is 33.8 Å². The second kappa shape index (κ2) is 7.09. The summed E-state index contributed by atoms with van der Waals surface area (Å²) < 4.78 is 7.97. The number of hydrogen-bond acceptors (Lipinski definition) is 4. The zero-order chi connectivity index (χ0) is 14.5. The van der Waals surface area contributed by atoms with Gasteiger partial charge in [-0.25, -0.2) is 0 Å². The van der Waals surface area contributed by atoms with Crippen LogP contribution in [-0.4, -0.2) is 33.2 Å². The molecule has 0 unspecified atom stereocenters. The molecule has 2 heterocycles. The second-order valence-corrected chi connectivity index (χ2v) is 6.20. The van der Waals surface area contributed by atoms with E-state index in [1.54, 1.807) is 11.8 Å². The van der Waals surface area contributed by atoms with Crippen LogP contribution in [-0.2, 0) is 11.3 Å². The summed E-state index contributed by atoms with van der Waals surface area (Å²) in [5, 5.41) is 9.73. The number of hydrogen-bond donors (Lipinski definition) is 0. The van der Waals surface area contributed by atoms with Crippen LogP contribution in [0.2, 0.25) is 0 Å². The molecule has 1 aromatic heterocycles. The molecule has 1 aliphatic rings. The molecule has 2 aromatic rings. The van der Waals surface area contributed by atoms with Crippen LogP contribution >= 0.6 is 11.8 Å². The quantitative estimate of drug-likeness (QED) is 0.791. The summed E-state index contributed by atoms with van der Waals surface area (Å²) in [5.41, 5.74) is 1.12. The van der Waals surface area contributed by atoms with Gasteiger partial charge in [-0.2, -0.15) is 0 Å². The van der Waals surface area contributed by atoms with Crippen LogP contribution in [0.25, 0.3) is 11.4 Å². The molecule has 0 saturated carbocycles. The predicted molar refractivity (Wildman–Crippen MR) is 85.4 cm³/mol. The third-order valence-electron chi connectivity index (χ3n) is 3.74. The van der Waals surface area contributed by atoms with Crippen LogP contribution < -0.4 is 0 Å². The molecule has 0 radical (unpaired) electrons. The van der Waals surface area contributed by atoms with Crippen LogP contribution in [0.15, 0.2) is 35.5 Å². The summed E-state index contributed by atoms with van der Waals surface area (Å²) in [6.07, 6.45) is 4.01. The van der Waals surface area contributed by atoms with Crippen LogP contribution in [0.5, 0.6) is 0 Å². The fraction of sp³-hybridized carbons (Fsp3) is 0.500. The average Bonchev–Trinajstić information content (AvgIpc) is 2.97. The zero-order valence-electron chi connectivity index (χ0n) is 12.4. The molecule has 1 aromatic carbocycles. The van der Waals surface area contributed by atoms with Crippen LogP contribution in [0.1, 0.15) is 26.2 Å². The first-order valence-electron chi connectivity index (χ1n) is 7.61.